The van der Waals surface area contributed by atoms with Gasteiger partial charge in [-0.1, -0.05) is 0 Å². The van der Waals surface area contributed by atoms with E-state index in [9.17, 15) is 5.11 Å². The molecule has 1 unspecified atom stereocenters. The molecule has 0 radical (unpaired) electrons. The fourth-order valence-electron chi connectivity index (χ4n) is 2.86. The summed E-state index contributed by atoms with van der Waals surface area (Å²) in [5.41, 5.74) is 1.13. The first-order valence-corrected chi connectivity index (χ1v) is 9.88. The van der Waals surface area contributed by atoms with E-state index in [-0.39, 0.29) is 15.0 Å². The number of nitrogens with zero attached hydrogens (tertiary/aromatic N) is 1. The third kappa shape index (κ3) is 3.84. The van der Waals surface area contributed by atoms with Gasteiger partial charge in [-0.05, 0) is 0 Å². The van der Waals surface area contributed by atoms with Gasteiger partial charge in [-0.15, -0.1) is 0 Å². The zero-order chi connectivity index (χ0) is 16.1. The van der Waals surface area contributed by atoms with Crippen LogP contribution in [0.2, 0.25) is 0 Å². The van der Waals surface area contributed by atoms with Gasteiger partial charge < -0.3 is 0 Å². The second-order valence-corrected chi connectivity index (χ2v) is 7.90. The van der Waals surface area contributed by atoms with Gasteiger partial charge in [0.25, 0.3) is 0 Å². The van der Waals surface area contributed by atoms with Crippen LogP contribution in [0.5, 0.6) is 5.88 Å². The van der Waals surface area contributed by atoms with Crippen LogP contribution in [0, 0.1) is 0 Å². The number of ether oxygens (including phenoxy) is 1. The number of aliphatic hydroxyl groups is 1. The Bertz CT molecular complexity index is 687. The van der Waals surface area contributed by atoms with Crippen LogP contribution >= 0.6 is 0 Å². The van der Waals surface area contributed by atoms with Crippen LogP contribution in [0.25, 0.3) is 0 Å². The van der Waals surface area contributed by atoms with E-state index >= 15 is 0 Å². The van der Waals surface area contributed by atoms with Gasteiger partial charge in [0, 0.05) is 0 Å². The van der Waals surface area contributed by atoms with Crippen molar-refractivity contribution in [3.63, 3.8) is 0 Å². The maximum absolute atomic E-state index is 11.1. The van der Waals surface area contributed by atoms with Crippen LogP contribution < -0.4 is 9.20 Å². The molecule has 0 aliphatic heterocycles. The van der Waals surface area contributed by atoms with Crippen molar-refractivity contribution in [3.05, 3.63) is 65.9 Å². The maximum atomic E-state index is 11.1. The fourth-order valence-corrected chi connectivity index (χ4v) is 4.69. The van der Waals surface area contributed by atoms with E-state index in [2.05, 4.69) is 41.4 Å². The standard InChI is InChI=1S/C19H21NO2Se/c1-22-18-11-10-16(19(21)12-6-3-7-13-19)17(20-18)14-23-15-8-4-2-5-9-15/h2-6,8-11,21H,7,12-14H2,1H3. The van der Waals surface area contributed by atoms with E-state index in [1.165, 1.54) is 4.46 Å². The van der Waals surface area contributed by atoms with E-state index in [0.29, 0.717) is 12.3 Å². The molecule has 1 N–H and O–H groups in total. The molecular formula is C19H21NO2Se. The van der Waals surface area contributed by atoms with Crippen molar-refractivity contribution >= 4 is 19.4 Å². The van der Waals surface area contributed by atoms with Crippen molar-refractivity contribution in [1.29, 1.82) is 0 Å². The van der Waals surface area contributed by atoms with Crippen LogP contribution in [-0.4, -0.2) is 32.2 Å². The van der Waals surface area contributed by atoms with Crippen LogP contribution in [0.4, 0.5) is 0 Å². The molecule has 1 aliphatic carbocycles. The van der Waals surface area contributed by atoms with Crippen molar-refractivity contribution in [2.24, 2.45) is 0 Å². The Morgan fingerprint density at radius 3 is 2.70 bits per heavy atom. The summed E-state index contributed by atoms with van der Waals surface area (Å²) < 4.78 is 6.62. The molecule has 1 heterocycles. The van der Waals surface area contributed by atoms with E-state index < -0.39 is 5.60 Å². The molecular weight excluding hydrogens is 353 g/mol. The summed E-state index contributed by atoms with van der Waals surface area (Å²) in [7, 11) is 1.63. The quantitative estimate of drug-likeness (QED) is 0.646. The number of hydrogen-bond donors (Lipinski definition) is 1. The molecule has 0 saturated carbocycles. The molecule has 3 rings (SSSR count). The Kier molecular flexibility index (Phi) is 5.16. The first kappa shape index (κ1) is 16.3. The number of benzene rings is 1. The number of hydrogen-bond acceptors (Lipinski definition) is 3. The molecule has 1 aromatic carbocycles. The fraction of sp³-hybridized carbons (Fsp3) is 0.316. The molecule has 0 fully saturated rings. The molecule has 3 nitrogen and oxygen atoms in total. The van der Waals surface area contributed by atoms with Crippen LogP contribution in [-0.2, 0) is 10.9 Å². The Morgan fingerprint density at radius 2 is 2.00 bits per heavy atom. The van der Waals surface area contributed by atoms with Gasteiger partial charge in [-0.2, -0.15) is 0 Å². The Hall–Kier alpha value is -1.61. The molecule has 0 amide bonds. The van der Waals surface area contributed by atoms with E-state index in [1.54, 1.807) is 7.11 Å². The minimum atomic E-state index is -0.796. The van der Waals surface area contributed by atoms with Gasteiger partial charge in [0.05, 0.1) is 0 Å². The Morgan fingerprint density at radius 1 is 1.17 bits per heavy atom. The third-order valence-electron chi connectivity index (χ3n) is 4.12. The molecule has 120 valence electrons. The molecule has 0 bridgehead atoms. The molecule has 4 heteroatoms. The van der Waals surface area contributed by atoms with Gasteiger partial charge in [0.2, 0.25) is 0 Å². The Labute approximate surface area is 143 Å². The summed E-state index contributed by atoms with van der Waals surface area (Å²) in [5, 5.41) is 11.9. The predicted molar refractivity (Wildman–Crippen MR) is 93.2 cm³/mol. The van der Waals surface area contributed by atoms with Gasteiger partial charge in [0.1, 0.15) is 0 Å². The summed E-state index contributed by atoms with van der Waals surface area (Å²) in [6.45, 7) is 0. The number of rotatable bonds is 5. The SMILES string of the molecule is COc1ccc(C2(O)CC=CCC2)c(C[Se]c2ccccc2)n1. The van der Waals surface area contributed by atoms with Gasteiger partial charge in [-0.25, -0.2) is 0 Å². The number of aromatic nitrogens is 1. The van der Waals surface area contributed by atoms with Gasteiger partial charge >= 0.3 is 143 Å². The van der Waals surface area contributed by atoms with Crippen molar-refractivity contribution in [2.45, 2.75) is 30.2 Å². The zero-order valence-corrected chi connectivity index (χ0v) is 14.9. The van der Waals surface area contributed by atoms with E-state index in [1.807, 2.05) is 18.2 Å². The minimum absolute atomic E-state index is 0.288. The topological polar surface area (TPSA) is 42.4 Å². The van der Waals surface area contributed by atoms with Crippen LogP contribution in [0.15, 0.2) is 54.6 Å². The molecule has 2 aromatic rings. The van der Waals surface area contributed by atoms with Crippen molar-refractivity contribution in [3.8, 4) is 5.88 Å². The van der Waals surface area contributed by atoms with E-state index in [0.717, 1.165) is 29.4 Å². The van der Waals surface area contributed by atoms with Gasteiger partial charge in [-0.3, -0.25) is 0 Å². The average molecular weight is 374 g/mol. The molecule has 1 aromatic heterocycles. The van der Waals surface area contributed by atoms with Crippen molar-refractivity contribution in [2.75, 3.05) is 7.11 Å². The number of pyridine rings is 1. The van der Waals surface area contributed by atoms with Crippen molar-refractivity contribution < 1.29 is 9.84 Å². The van der Waals surface area contributed by atoms with Gasteiger partial charge in [0.15, 0.2) is 0 Å². The van der Waals surface area contributed by atoms with Crippen LogP contribution in [0.3, 0.4) is 0 Å². The molecule has 0 saturated heterocycles. The average Bonchev–Trinajstić information content (AvgIpc) is 2.61. The molecule has 23 heavy (non-hydrogen) atoms. The molecule has 1 aliphatic rings. The monoisotopic (exact) mass is 375 g/mol. The van der Waals surface area contributed by atoms with Crippen molar-refractivity contribution in [1.82, 2.24) is 4.98 Å². The summed E-state index contributed by atoms with van der Waals surface area (Å²) in [5.74, 6) is 0.613. The van der Waals surface area contributed by atoms with Crippen LogP contribution in [0.1, 0.15) is 30.5 Å². The summed E-state index contributed by atoms with van der Waals surface area (Å²) in [4.78, 5) is 4.64. The van der Waals surface area contributed by atoms with E-state index in [4.69, 9.17) is 4.74 Å². The molecule has 0 spiro atoms. The number of methoxy groups -OCH3 is 1. The second kappa shape index (κ2) is 7.31. The Balaban J connectivity index is 1.88. The summed E-state index contributed by atoms with van der Waals surface area (Å²) in [6.07, 6.45) is 6.53. The summed E-state index contributed by atoms with van der Waals surface area (Å²) >= 11 is 0.288. The third-order valence-corrected chi connectivity index (χ3v) is 6.27. The predicted octanol–water partition coefficient (Wildman–Crippen LogP) is 2.55. The first-order chi connectivity index (χ1) is 11.2. The first-order valence-electron chi connectivity index (χ1n) is 7.81. The number of allylic oxidation sites excluding steroid dienone is 1. The molecule has 1 atom stereocenters. The normalized spacial score (nSPS) is 20.4. The zero-order valence-electron chi connectivity index (χ0n) is 13.2. The summed E-state index contributed by atoms with van der Waals surface area (Å²) in [6, 6.07) is 14.3. The second-order valence-electron chi connectivity index (χ2n) is 5.70.